The molecule has 0 aliphatic rings. The maximum absolute atomic E-state index is 12.5. The van der Waals surface area contributed by atoms with Gasteiger partial charge in [0.25, 0.3) is 5.56 Å². The molecular formula is C24H24N4O4. The van der Waals surface area contributed by atoms with Gasteiger partial charge in [-0.3, -0.25) is 9.78 Å². The molecule has 0 saturated heterocycles. The van der Waals surface area contributed by atoms with Gasteiger partial charge in [0.2, 0.25) is 0 Å². The van der Waals surface area contributed by atoms with Crippen molar-refractivity contribution in [3.05, 3.63) is 96.8 Å². The second kappa shape index (κ2) is 9.79. The highest BCUT2D eigenvalue weighted by molar-refractivity contribution is 6.12. The molecule has 0 saturated carbocycles. The molecule has 2 aromatic carbocycles. The predicted octanol–water partition coefficient (Wildman–Crippen LogP) is 3.34. The van der Waals surface area contributed by atoms with Crippen molar-refractivity contribution >= 4 is 5.71 Å². The summed E-state index contributed by atoms with van der Waals surface area (Å²) in [4.78, 5) is 35.2. The van der Waals surface area contributed by atoms with E-state index < -0.39 is 11.2 Å². The van der Waals surface area contributed by atoms with Gasteiger partial charge in [-0.05, 0) is 54.3 Å². The average Bonchev–Trinajstić information content (AvgIpc) is 2.75. The number of H-pyrrole nitrogens is 2. The molecule has 0 fully saturated rings. The zero-order chi connectivity index (χ0) is 23.3. The smallest absolute Gasteiger partial charge is 0.326 e. The van der Waals surface area contributed by atoms with Crippen molar-refractivity contribution in [1.82, 2.24) is 9.97 Å². The molecule has 8 nitrogen and oxygen atoms in total. The molecule has 3 aromatic rings. The summed E-state index contributed by atoms with van der Waals surface area (Å²) in [6.07, 6.45) is 0. The summed E-state index contributed by atoms with van der Waals surface area (Å²) >= 11 is 0. The van der Waals surface area contributed by atoms with Crippen molar-refractivity contribution in [3.63, 3.8) is 0 Å². The number of nitriles is 1. The molecule has 0 aliphatic heterocycles. The summed E-state index contributed by atoms with van der Waals surface area (Å²) in [6.45, 7) is 5.71. The fourth-order valence-corrected chi connectivity index (χ4v) is 3.35. The first-order chi connectivity index (χ1) is 15.3. The topological polar surface area (TPSA) is 120 Å². The zero-order valence-corrected chi connectivity index (χ0v) is 18.4. The van der Waals surface area contributed by atoms with E-state index in [0.29, 0.717) is 16.7 Å². The van der Waals surface area contributed by atoms with Crippen LogP contribution in [0.5, 0.6) is 5.75 Å². The van der Waals surface area contributed by atoms with Gasteiger partial charge < -0.3 is 14.6 Å². The Bertz CT molecular complexity index is 1300. The summed E-state index contributed by atoms with van der Waals surface area (Å²) in [5.41, 5.74) is 2.44. The molecule has 0 aliphatic carbocycles. The van der Waals surface area contributed by atoms with Gasteiger partial charge in [-0.2, -0.15) is 5.26 Å². The van der Waals surface area contributed by atoms with Crippen LogP contribution >= 0.6 is 0 Å². The van der Waals surface area contributed by atoms with Gasteiger partial charge in [-0.25, -0.2) is 4.79 Å². The summed E-state index contributed by atoms with van der Waals surface area (Å²) in [7, 11) is 1.59. The fourth-order valence-electron chi connectivity index (χ4n) is 3.35. The molecule has 0 atom stereocenters. The molecular weight excluding hydrogens is 408 g/mol. The normalized spacial score (nSPS) is 11.3. The lowest BCUT2D eigenvalue weighted by atomic mass is 9.95. The SMILES string of the molecule is COc1ccc(CON=C(c2cc(C)cc(C#N)c2)c2[nH]c(=O)[nH]c(=O)c2C(C)C)cc1. The lowest BCUT2D eigenvalue weighted by Gasteiger charge is -2.14. The van der Waals surface area contributed by atoms with E-state index in [1.807, 2.05) is 51.1 Å². The van der Waals surface area contributed by atoms with E-state index in [9.17, 15) is 14.9 Å². The maximum Gasteiger partial charge on any atom is 0.326 e. The third kappa shape index (κ3) is 5.13. The number of aryl methyl sites for hydroxylation is 1. The van der Waals surface area contributed by atoms with Crippen LogP contribution in [0, 0.1) is 18.3 Å². The van der Waals surface area contributed by atoms with Gasteiger partial charge in [0, 0.05) is 11.1 Å². The lowest BCUT2D eigenvalue weighted by molar-refractivity contribution is 0.130. The molecule has 0 amide bonds. The first-order valence-electron chi connectivity index (χ1n) is 10.0. The number of benzene rings is 2. The largest absolute Gasteiger partial charge is 0.497 e. The summed E-state index contributed by atoms with van der Waals surface area (Å²) < 4.78 is 5.16. The van der Waals surface area contributed by atoms with Crippen LogP contribution in [-0.4, -0.2) is 22.8 Å². The maximum atomic E-state index is 12.5. The van der Waals surface area contributed by atoms with Crippen LogP contribution in [0.4, 0.5) is 0 Å². The van der Waals surface area contributed by atoms with Gasteiger partial charge in [0.05, 0.1) is 24.4 Å². The fraction of sp³-hybridized carbons (Fsp3) is 0.250. The lowest BCUT2D eigenvalue weighted by Crippen LogP contribution is -2.31. The Morgan fingerprint density at radius 3 is 2.47 bits per heavy atom. The van der Waals surface area contributed by atoms with Crippen LogP contribution in [0.1, 0.15) is 53.3 Å². The second-order valence-electron chi connectivity index (χ2n) is 7.61. The molecule has 0 radical (unpaired) electrons. The van der Waals surface area contributed by atoms with Crippen LogP contribution < -0.4 is 16.0 Å². The number of aromatic amines is 2. The molecule has 0 bridgehead atoms. The molecule has 8 heteroatoms. The molecule has 3 rings (SSSR count). The van der Waals surface area contributed by atoms with E-state index in [4.69, 9.17) is 9.57 Å². The Balaban J connectivity index is 2.11. The van der Waals surface area contributed by atoms with E-state index in [0.717, 1.165) is 16.9 Å². The van der Waals surface area contributed by atoms with E-state index in [-0.39, 0.29) is 23.9 Å². The number of rotatable bonds is 7. The first kappa shape index (κ1) is 22.6. The average molecular weight is 432 g/mol. The minimum atomic E-state index is -0.648. The Labute approximate surface area is 185 Å². The number of aromatic nitrogens is 2. The number of nitrogens with one attached hydrogen (secondary N) is 2. The van der Waals surface area contributed by atoms with Gasteiger partial charge in [0.15, 0.2) is 0 Å². The molecule has 2 N–H and O–H groups in total. The minimum absolute atomic E-state index is 0.162. The van der Waals surface area contributed by atoms with E-state index in [1.54, 1.807) is 19.2 Å². The van der Waals surface area contributed by atoms with Crippen molar-refractivity contribution in [2.24, 2.45) is 5.16 Å². The number of hydrogen-bond acceptors (Lipinski definition) is 6. The monoisotopic (exact) mass is 432 g/mol. The van der Waals surface area contributed by atoms with Crippen LogP contribution in [0.15, 0.2) is 57.2 Å². The third-order valence-electron chi connectivity index (χ3n) is 4.82. The number of nitrogens with zero attached hydrogens (tertiary/aromatic N) is 2. The predicted molar refractivity (Wildman–Crippen MR) is 121 cm³/mol. The van der Waals surface area contributed by atoms with Crippen LogP contribution in [-0.2, 0) is 11.4 Å². The third-order valence-corrected chi connectivity index (χ3v) is 4.82. The van der Waals surface area contributed by atoms with Crippen molar-refractivity contribution in [3.8, 4) is 11.8 Å². The Morgan fingerprint density at radius 2 is 1.84 bits per heavy atom. The summed E-state index contributed by atoms with van der Waals surface area (Å²) in [6, 6.07) is 14.7. The van der Waals surface area contributed by atoms with Crippen molar-refractivity contribution in [2.75, 3.05) is 7.11 Å². The second-order valence-corrected chi connectivity index (χ2v) is 7.61. The van der Waals surface area contributed by atoms with E-state index >= 15 is 0 Å². The summed E-state index contributed by atoms with van der Waals surface area (Å²) in [5, 5.41) is 13.7. The highest BCUT2D eigenvalue weighted by atomic mass is 16.6. The zero-order valence-electron chi connectivity index (χ0n) is 18.4. The quantitative estimate of drug-likeness (QED) is 0.438. The van der Waals surface area contributed by atoms with Gasteiger partial charge in [-0.1, -0.05) is 31.1 Å². The molecule has 164 valence electrons. The van der Waals surface area contributed by atoms with Crippen molar-refractivity contribution in [1.29, 1.82) is 5.26 Å². The van der Waals surface area contributed by atoms with E-state index in [1.165, 1.54) is 0 Å². The van der Waals surface area contributed by atoms with Crippen molar-refractivity contribution in [2.45, 2.75) is 33.3 Å². The number of oxime groups is 1. The highest BCUT2D eigenvalue weighted by Crippen LogP contribution is 2.20. The Kier molecular flexibility index (Phi) is 6.90. The van der Waals surface area contributed by atoms with Gasteiger partial charge in [-0.15, -0.1) is 0 Å². The van der Waals surface area contributed by atoms with Gasteiger partial charge >= 0.3 is 5.69 Å². The number of hydrogen-bond donors (Lipinski definition) is 2. The number of ether oxygens (including phenoxy) is 1. The molecule has 32 heavy (non-hydrogen) atoms. The molecule has 1 aromatic heterocycles. The number of methoxy groups -OCH3 is 1. The summed E-state index contributed by atoms with van der Waals surface area (Å²) in [5.74, 6) is 0.530. The minimum Gasteiger partial charge on any atom is -0.497 e. The Morgan fingerprint density at radius 1 is 1.12 bits per heavy atom. The van der Waals surface area contributed by atoms with Crippen molar-refractivity contribution < 1.29 is 9.57 Å². The van der Waals surface area contributed by atoms with Crippen LogP contribution in [0.25, 0.3) is 0 Å². The molecule has 0 spiro atoms. The van der Waals surface area contributed by atoms with E-state index in [2.05, 4.69) is 21.2 Å². The molecule has 1 heterocycles. The molecule has 0 unspecified atom stereocenters. The highest BCUT2D eigenvalue weighted by Gasteiger charge is 2.20. The standard InChI is InChI=1S/C24H24N4O4/c1-14(2)20-22(26-24(30)27-23(20)29)21(18-10-15(3)9-17(11-18)12-25)28-32-13-16-5-7-19(31-4)8-6-16/h5-11,14H,13H2,1-4H3,(H2,26,27,29,30). The first-order valence-corrected chi connectivity index (χ1v) is 10.0. The van der Waals surface area contributed by atoms with Crippen LogP contribution in [0.2, 0.25) is 0 Å². The van der Waals surface area contributed by atoms with Crippen LogP contribution in [0.3, 0.4) is 0 Å². The Hall–Kier alpha value is -4.12. The van der Waals surface area contributed by atoms with Gasteiger partial charge in [0.1, 0.15) is 18.1 Å².